The smallest absolute Gasteiger partial charge is 0.475 e. The Labute approximate surface area is 212 Å². The summed E-state index contributed by atoms with van der Waals surface area (Å²) in [6, 6.07) is 16.5. The van der Waals surface area contributed by atoms with Crippen molar-refractivity contribution in [3.05, 3.63) is 77.2 Å². The largest absolute Gasteiger partial charge is 0.490 e. The molecule has 6 N–H and O–H groups in total. The van der Waals surface area contributed by atoms with E-state index >= 15 is 0 Å². The normalized spacial score (nSPS) is 10.6. The van der Waals surface area contributed by atoms with Gasteiger partial charge in [0.05, 0.1) is 6.54 Å². The molecule has 0 radical (unpaired) electrons. The molecule has 0 atom stereocenters. The summed E-state index contributed by atoms with van der Waals surface area (Å²) in [5, 5.41) is 36.0. The zero-order valence-corrected chi connectivity index (χ0v) is 19.6. The van der Waals surface area contributed by atoms with Gasteiger partial charge in [-0.15, -0.1) is 10.2 Å². The van der Waals surface area contributed by atoms with Crippen LogP contribution >= 0.6 is 0 Å². The average molecular weight is 536 g/mol. The van der Waals surface area contributed by atoms with Crippen molar-refractivity contribution in [1.29, 1.82) is 0 Å². The van der Waals surface area contributed by atoms with Crippen LogP contribution in [0.15, 0.2) is 54.7 Å². The Morgan fingerprint density at radius 3 is 2.16 bits per heavy atom. The lowest BCUT2D eigenvalue weighted by molar-refractivity contribution is -0.192. The molecular weight excluding hydrogens is 513 g/mol. The predicted octanol–water partition coefficient (Wildman–Crippen LogP) is 2.08. The SMILES string of the molecule is NCCc1c[nH]c2ccc(Cc3nnn(Cc4ccccc4)n3)cc12.O=C(O)C(=O)O.O=C(O)C(F)(F)F. The van der Waals surface area contributed by atoms with Crippen LogP contribution in [-0.2, 0) is 33.8 Å². The molecule has 2 heterocycles. The number of carboxylic acid groups (broad SMARTS) is 3. The zero-order valence-electron chi connectivity index (χ0n) is 19.6. The van der Waals surface area contributed by atoms with Gasteiger partial charge in [0.25, 0.3) is 0 Å². The summed E-state index contributed by atoms with van der Waals surface area (Å²) in [5.74, 6) is -5.68. The number of alkyl halides is 3. The number of aromatic nitrogens is 5. The van der Waals surface area contributed by atoms with Crippen molar-refractivity contribution in [3.8, 4) is 0 Å². The summed E-state index contributed by atoms with van der Waals surface area (Å²) in [4.78, 5) is 32.0. The van der Waals surface area contributed by atoms with Gasteiger partial charge in [-0.25, -0.2) is 14.4 Å². The van der Waals surface area contributed by atoms with Crippen molar-refractivity contribution >= 4 is 28.8 Å². The van der Waals surface area contributed by atoms with Crippen LogP contribution < -0.4 is 5.73 Å². The number of nitrogens with one attached hydrogen (secondary N) is 1. The number of tetrazole rings is 1. The van der Waals surface area contributed by atoms with Crippen molar-refractivity contribution < 1.29 is 42.9 Å². The lowest BCUT2D eigenvalue weighted by Gasteiger charge is -2.01. The highest BCUT2D eigenvalue weighted by Gasteiger charge is 2.38. The van der Waals surface area contributed by atoms with Crippen LogP contribution in [0, 0.1) is 0 Å². The average Bonchev–Trinajstić information content (AvgIpc) is 3.46. The topological polar surface area (TPSA) is 197 Å². The van der Waals surface area contributed by atoms with Gasteiger partial charge >= 0.3 is 24.1 Å². The second-order valence-electron chi connectivity index (χ2n) is 7.54. The molecule has 0 bridgehead atoms. The first-order valence-corrected chi connectivity index (χ1v) is 10.8. The predicted molar refractivity (Wildman–Crippen MR) is 126 cm³/mol. The van der Waals surface area contributed by atoms with E-state index in [1.165, 1.54) is 16.5 Å². The third kappa shape index (κ3) is 9.34. The van der Waals surface area contributed by atoms with E-state index in [0.29, 0.717) is 19.5 Å². The zero-order chi connectivity index (χ0) is 28.3. The number of hydrogen-bond donors (Lipinski definition) is 5. The van der Waals surface area contributed by atoms with Crippen LogP contribution in [0.25, 0.3) is 10.9 Å². The molecule has 2 aromatic carbocycles. The number of fused-ring (bicyclic) bond motifs is 1. The van der Waals surface area contributed by atoms with E-state index in [1.54, 1.807) is 4.80 Å². The lowest BCUT2D eigenvalue weighted by atomic mass is 10.1. The van der Waals surface area contributed by atoms with Crippen LogP contribution in [0.1, 0.15) is 22.5 Å². The minimum Gasteiger partial charge on any atom is -0.475 e. The number of benzene rings is 2. The molecule has 0 aliphatic heterocycles. The molecule has 0 amide bonds. The van der Waals surface area contributed by atoms with Gasteiger partial charge in [0, 0.05) is 23.5 Å². The Kier molecular flexibility index (Phi) is 10.5. The fraction of sp³-hybridized carbons (Fsp3) is 0.217. The van der Waals surface area contributed by atoms with E-state index in [9.17, 15) is 13.2 Å². The quantitative estimate of drug-likeness (QED) is 0.227. The molecule has 12 nitrogen and oxygen atoms in total. The highest BCUT2D eigenvalue weighted by atomic mass is 19.4. The van der Waals surface area contributed by atoms with E-state index in [1.807, 2.05) is 24.4 Å². The van der Waals surface area contributed by atoms with Gasteiger partial charge in [-0.2, -0.15) is 18.0 Å². The molecule has 38 heavy (non-hydrogen) atoms. The maximum Gasteiger partial charge on any atom is 0.490 e. The molecule has 0 fully saturated rings. The van der Waals surface area contributed by atoms with Gasteiger partial charge in [-0.1, -0.05) is 36.4 Å². The first kappa shape index (κ1) is 29.4. The number of carbonyl (C=O) groups is 3. The highest BCUT2D eigenvalue weighted by Crippen LogP contribution is 2.21. The second-order valence-corrected chi connectivity index (χ2v) is 7.54. The van der Waals surface area contributed by atoms with Crippen molar-refractivity contribution in [2.24, 2.45) is 5.73 Å². The lowest BCUT2D eigenvalue weighted by Crippen LogP contribution is -2.21. The van der Waals surface area contributed by atoms with E-state index < -0.39 is 24.1 Å². The third-order valence-corrected chi connectivity index (χ3v) is 4.69. The summed E-state index contributed by atoms with van der Waals surface area (Å²) >= 11 is 0. The molecule has 202 valence electrons. The summed E-state index contributed by atoms with van der Waals surface area (Å²) < 4.78 is 31.7. The van der Waals surface area contributed by atoms with Gasteiger partial charge in [0.2, 0.25) is 0 Å². The van der Waals surface area contributed by atoms with Gasteiger partial charge in [0.1, 0.15) is 0 Å². The Bertz CT molecular complexity index is 1360. The number of H-pyrrole nitrogens is 1. The minimum absolute atomic E-state index is 0.630. The van der Waals surface area contributed by atoms with Crippen molar-refractivity contribution in [2.75, 3.05) is 6.54 Å². The van der Waals surface area contributed by atoms with E-state index in [4.69, 9.17) is 35.4 Å². The van der Waals surface area contributed by atoms with E-state index in [2.05, 4.69) is 50.7 Å². The summed E-state index contributed by atoms with van der Waals surface area (Å²) in [5.41, 5.74) is 10.4. The minimum atomic E-state index is -5.08. The molecule has 0 saturated carbocycles. The fourth-order valence-corrected chi connectivity index (χ4v) is 3.04. The second kappa shape index (κ2) is 13.5. The van der Waals surface area contributed by atoms with Gasteiger partial charge < -0.3 is 26.0 Å². The molecule has 4 aromatic rings. The maximum absolute atomic E-state index is 10.6. The monoisotopic (exact) mass is 536 g/mol. The van der Waals surface area contributed by atoms with Crippen LogP contribution in [-0.4, -0.2) is 71.1 Å². The number of carboxylic acids is 3. The van der Waals surface area contributed by atoms with E-state index in [0.717, 1.165) is 23.3 Å². The van der Waals surface area contributed by atoms with Crippen LogP contribution in [0.4, 0.5) is 13.2 Å². The number of rotatable bonds is 6. The molecule has 15 heteroatoms. The van der Waals surface area contributed by atoms with Gasteiger partial charge in [-0.05, 0) is 47.0 Å². The van der Waals surface area contributed by atoms with Crippen molar-refractivity contribution in [3.63, 3.8) is 0 Å². The molecule has 0 aliphatic rings. The number of hydrogen-bond acceptors (Lipinski definition) is 7. The maximum atomic E-state index is 10.6. The number of aromatic amines is 1. The van der Waals surface area contributed by atoms with Gasteiger partial charge in [0.15, 0.2) is 5.82 Å². The van der Waals surface area contributed by atoms with Gasteiger partial charge in [-0.3, -0.25) is 0 Å². The highest BCUT2D eigenvalue weighted by molar-refractivity contribution is 6.27. The van der Waals surface area contributed by atoms with Crippen molar-refractivity contribution in [1.82, 2.24) is 25.2 Å². The first-order valence-electron chi connectivity index (χ1n) is 10.8. The molecule has 0 aliphatic carbocycles. The number of nitrogens with two attached hydrogens (primary N) is 1. The Hall–Kier alpha value is -4.79. The molecular formula is C23H23F3N6O6. The number of aliphatic carboxylic acids is 3. The fourth-order valence-electron chi connectivity index (χ4n) is 3.04. The molecule has 2 aromatic heterocycles. The molecule has 0 saturated heterocycles. The number of nitrogens with zero attached hydrogens (tertiary/aromatic N) is 4. The summed E-state index contributed by atoms with van der Waals surface area (Å²) in [6.07, 6.45) is -1.51. The standard InChI is InChI=1S/C19H20N6.C2HF3O2.C2H2O4/c20-9-8-16-12-21-18-7-6-15(10-17(16)18)11-19-22-24-25(23-19)13-14-4-2-1-3-5-14;3-2(4,5)1(6)7;3-1(4)2(5)6/h1-7,10,12,21H,8-9,11,13,20H2;(H,6,7);(H,3,4)(H,5,6). The van der Waals surface area contributed by atoms with E-state index in [-0.39, 0.29) is 0 Å². The Balaban J connectivity index is 0.000000325. The van der Waals surface area contributed by atoms with Crippen molar-refractivity contribution in [2.45, 2.75) is 25.6 Å². The molecule has 0 unspecified atom stereocenters. The third-order valence-electron chi connectivity index (χ3n) is 4.69. The Morgan fingerprint density at radius 2 is 1.61 bits per heavy atom. The summed E-state index contributed by atoms with van der Waals surface area (Å²) in [7, 11) is 0. The molecule has 0 spiro atoms. The first-order chi connectivity index (χ1) is 17.9. The van der Waals surface area contributed by atoms with Crippen LogP contribution in [0.2, 0.25) is 0 Å². The Morgan fingerprint density at radius 1 is 0.974 bits per heavy atom. The number of halogens is 3. The molecule has 4 rings (SSSR count). The van der Waals surface area contributed by atoms with Crippen LogP contribution in [0.3, 0.4) is 0 Å². The van der Waals surface area contributed by atoms with Crippen LogP contribution in [0.5, 0.6) is 0 Å². The summed E-state index contributed by atoms with van der Waals surface area (Å²) in [6.45, 7) is 1.28.